The van der Waals surface area contributed by atoms with Crippen LogP contribution in [0.15, 0.2) is 30.3 Å². The summed E-state index contributed by atoms with van der Waals surface area (Å²) < 4.78 is 61.8. The fourth-order valence-corrected chi connectivity index (χ4v) is 2.57. The summed E-state index contributed by atoms with van der Waals surface area (Å²) in [5, 5.41) is 0. The van der Waals surface area contributed by atoms with Crippen LogP contribution in [-0.4, -0.2) is 20.3 Å². The highest BCUT2D eigenvalue weighted by Gasteiger charge is 2.22. The number of nitrogens with one attached hydrogen (secondary N) is 1. The number of anilines is 1. The molecule has 0 saturated heterocycles. The second-order valence-corrected chi connectivity index (χ2v) is 5.72. The summed E-state index contributed by atoms with van der Waals surface area (Å²) in [4.78, 5) is 0. The van der Waals surface area contributed by atoms with E-state index >= 15 is 0 Å². The smallest absolute Gasteiger partial charge is 0.283 e. The summed E-state index contributed by atoms with van der Waals surface area (Å²) >= 11 is 0. The van der Waals surface area contributed by atoms with E-state index in [0.717, 1.165) is 6.08 Å². The van der Waals surface area contributed by atoms with Crippen LogP contribution in [0.5, 0.6) is 0 Å². The molecule has 0 spiro atoms. The molecule has 0 atom stereocenters. The Morgan fingerprint density at radius 3 is 2.47 bits per heavy atom. The molecule has 7 heteroatoms. The Morgan fingerprint density at radius 1 is 1.26 bits per heavy atom. The number of hydrogen-bond donors (Lipinski definition) is 1. The van der Waals surface area contributed by atoms with Gasteiger partial charge in [-0.25, -0.2) is 8.42 Å². The molecule has 0 bridgehead atoms. The molecule has 0 amide bonds. The van der Waals surface area contributed by atoms with Crippen molar-refractivity contribution in [2.75, 3.05) is 10.5 Å². The molecule has 0 radical (unpaired) electrons. The summed E-state index contributed by atoms with van der Waals surface area (Å²) in [7, 11) is -3.53. The normalized spacial score (nSPS) is 12.8. The Balaban J connectivity index is 3.00. The van der Waals surface area contributed by atoms with E-state index in [2.05, 4.69) is 4.72 Å². The van der Waals surface area contributed by atoms with Gasteiger partial charge in [-0.15, -0.1) is 0 Å². The van der Waals surface area contributed by atoms with Crippen molar-refractivity contribution in [2.24, 2.45) is 0 Å². The first-order valence-electron chi connectivity index (χ1n) is 5.59. The number of benzene rings is 1. The van der Waals surface area contributed by atoms with Crippen LogP contribution in [0.1, 0.15) is 18.9 Å². The Kier molecular flexibility index (Phi) is 4.99. The largest absolute Gasteiger partial charge is 0.409 e. The highest BCUT2D eigenvalue weighted by molar-refractivity contribution is 7.92. The van der Waals surface area contributed by atoms with Gasteiger partial charge in [0.2, 0.25) is 10.0 Å². The van der Waals surface area contributed by atoms with Gasteiger partial charge in [0.1, 0.15) is 0 Å². The number of sulfonamides is 1. The van der Waals surface area contributed by atoms with Crippen LogP contribution in [0.2, 0.25) is 0 Å². The second kappa shape index (κ2) is 6.10. The lowest BCUT2D eigenvalue weighted by atomic mass is 10.1. The molecule has 0 fully saturated rings. The molecule has 3 nitrogen and oxygen atoms in total. The fourth-order valence-electron chi connectivity index (χ4n) is 1.41. The fraction of sp³-hybridized carbons (Fsp3) is 0.333. The van der Waals surface area contributed by atoms with E-state index in [4.69, 9.17) is 0 Å². The molecule has 0 aromatic heterocycles. The molecular formula is C12H14F3NO2S. The van der Waals surface area contributed by atoms with Gasteiger partial charge in [0.15, 0.2) is 0 Å². The van der Waals surface area contributed by atoms with E-state index in [1.165, 1.54) is 18.2 Å². The van der Waals surface area contributed by atoms with Crippen molar-refractivity contribution in [1.29, 1.82) is 0 Å². The Labute approximate surface area is 110 Å². The third-order valence-electron chi connectivity index (χ3n) is 2.15. The molecule has 1 rings (SSSR count). The lowest BCUT2D eigenvalue weighted by molar-refractivity contribution is -0.0790. The van der Waals surface area contributed by atoms with Crippen LogP contribution in [0.25, 0.3) is 6.08 Å². The third-order valence-corrected chi connectivity index (χ3v) is 3.63. The summed E-state index contributed by atoms with van der Waals surface area (Å²) in [6.45, 7) is 1.70. The van der Waals surface area contributed by atoms with Gasteiger partial charge in [-0.3, -0.25) is 4.72 Å². The molecule has 0 heterocycles. The highest BCUT2D eigenvalue weighted by Crippen LogP contribution is 2.22. The molecular weight excluding hydrogens is 279 g/mol. The average molecular weight is 293 g/mol. The predicted molar refractivity (Wildman–Crippen MR) is 69.2 cm³/mol. The summed E-state index contributed by atoms with van der Waals surface area (Å²) in [5.41, 5.74) is 0.302. The zero-order valence-corrected chi connectivity index (χ0v) is 11.1. The Bertz CT molecular complexity index is 550. The van der Waals surface area contributed by atoms with Crippen LogP contribution in [0.3, 0.4) is 0 Å². The number of hydrogen-bond acceptors (Lipinski definition) is 2. The van der Waals surface area contributed by atoms with Crippen LogP contribution >= 0.6 is 0 Å². The maximum absolute atomic E-state index is 12.1. The maximum Gasteiger partial charge on any atom is 0.409 e. The molecule has 0 unspecified atom stereocenters. The number of para-hydroxylation sites is 1. The first-order valence-corrected chi connectivity index (χ1v) is 7.24. The van der Waals surface area contributed by atoms with Gasteiger partial charge in [-0.05, 0) is 24.1 Å². The zero-order valence-electron chi connectivity index (χ0n) is 10.2. The molecule has 0 aliphatic carbocycles. The van der Waals surface area contributed by atoms with Gasteiger partial charge in [0, 0.05) is 6.08 Å². The summed E-state index contributed by atoms with van der Waals surface area (Å²) in [6.07, 6.45) is -3.10. The lowest BCUT2D eigenvalue weighted by Crippen LogP contribution is -2.16. The summed E-state index contributed by atoms with van der Waals surface area (Å²) in [5.74, 6) is -0.0790. The first-order chi connectivity index (χ1) is 8.73. The third kappa shape index (κ3) is 5.78. The van der Waals surface area contributed by atoms with E-state index in [-0.39, 0.29) is 23.1 Å². The van der Waals surface area contributed by atoms with Gasteiger partial charge in [0.05, 0.1) is 11.4 Å². The minimum atomic E-state index is -4.44. The van der Waals surface area contributed by atoms with Gasteiger partial charge in [0.25, 0.3) is 0 Å². The van der Waals surface area contributed by atoms with Gasteiger partial charge < -0.3 is 0 Å². The number of rotatable bonds is 5. The standard InChI is InChI=1S/C12H14F3NO2S/c1-2-9-19(17,18)16-11-6-4-3-5-10(11)7-8-12(13,14)15/h3-8,16H,2,9H2,1H3/b8-7+. The zero-order chi connectivity index (χ0) is 14.5. The monoisotopic (exact) mass is 293 g/mol. The van der Waals surface area contributed by atoms with E-state index in [0.29, 0.717) is 6.42 Å². The molecule has 19 heavy (non-hydrogen) atoms. The van der Waals surface area contributed by atoms with E-state index in [1.807, 2.05) is 0 Å². The van der Waals surface area contributed by atoms with Crippen molar-refractivity contribution in [1.82, 2.24) is 0 Å². The van der Waals surface area contributed by atoms with Crippen LogP contribution in [-0.2, 0) is 10.0 Å². The van der Waals surface area contributed by atoms with Gasteiger partial charge >= 0.3 is 6.18 Å². The Morgan fingerprint density at radius 2 is 1.89 bits per heavy atom. The minimum absolute atomic E-state index is 0.0694. The highest BCUT2D eigenvalue weighted by atomic mass is 32.2. The molecule has 0 aliphatic rings. The van der Waals surface area contributed by atoms with E-state index in [1.54, 1.807) is 13.0 Å². The average Bonchev–Trinajstić information content (AvgIpc) is 2.26. The predicted octanol–water partition coefficient (Wildman–Crippen LogP) is 3.41. The first kappa shape index (κ1) is 15.6. The van der Waals surface area contributed by atoms with Crippen LogP contribution in [0, 0.1) is 0 Å². The quantitative estimate of drug-likeness (QED) is 0.904. The molecule has 0 aliphatic heterocycles. The van der Waals surface area contributed by atoms with Crippen LogP contribution < -0.4 is 4.72 Å². The number of alkyl halides is 3. The molecule has 1 N–H and O–H groups in total. The molecule has 106 valence electrons. The van der Waals surface area contributed by atoms with Gasteiger partial charge in [-0.1, -0.05) is 25.1 Å². The van der Waals surface area contributed by atoms with Crippen molar-refractivity contribution in [3.63, 3.8) is 0 Å². The maximum atomic E-state index is 12.1. The number of halogens is 3. The van der Waals surface area contributed by atoms with Gasteiger partial charge in [-0.2, -0.15) is 13.2 Å². The van der Waals surface area contributed by atoms with Crippen molar-refractivity contribution in [3.8, 4) is 0 Å². The van der Waals surface area contributed by atoms with Crippen molar-refractivity contribution in [3.05, 3.63) is 35.9 Å². The SMILES string of the molecule is CCCS(=O)(=O)Nc1ccccc1/C=C/C(F)(F)F. The second-order valence-electron chi connectivity index (χ2n) is 3.88. The molecule has 1 aromatic rings. The summed E-state index contributed by atoms with van der Waals surface area (Å²) in [6, 6.07) is 5.91. The topological polar surface area (TPSA) is 46.2 Å². The number of allylic oxidation sites excluding steroid dienone is 1. The van der Waals surface area contributed by atoms with Crippen molar-refractivity contribution in [2.45, 2.75) is 19.5 Å². The lowest BCUT2D eigenvalue weighted by Gasteiger charge is -2.10. The Hall–Kier alpha value is -1.50. The van der Waals surface area contributed by atoms with E-state index < -0.39 is 16.2 Å². The van der Waals surface area contributed by atoms with Crippen molar-refractivity contribution < 1.29 is 21.6 Å². The van der Waals surface area contributed by atoms with Crippen LogP contribution in [0.4, 0.5) is 18.9 Å². The van der Waals surface area contributed by atoms with Crippen molar-refractivity contribution >= 4 is 21.8 Å². The molecule has 0 saturated carbocycles. The van der Waals surface area contributed by atoms with E-state index in [9.17, 15) is 21.6 Å². The molecule has 1 aromatic carbocycles. The minimum Gasteiger partial charge on any atom is -0.283 e.